The van der Waals surface area contributed by atoms with Crippen LogP contribution in [0.5, 0.6) is 0 Å². The number of rotatable bonds is 3. The van der Waals surface area contributed by atoms with E-state index >= 15 is 0 Å². The van der Waals surface area contributed by atoms with Crippen molar-refractivity contribution in [3.05, 3.63) is 21.7 Å². The third-order valence-corrected chi connectivity index (χ3v) is 5.98. The number of hydrazone groups is 1. The average Bonchev–Trinajstić information content (AvgIpc) is 2.99. The van der Waals surface area contributed by atoms with Gasteiger partial charge >= 0.3 is 5.97 Å². The number of nitrogens with zero attached hydrogens (tertiary/aromatic N) is 1. The minimum absolute atomic E-state index is 0.302. The molecule has 0 aromatic carbocycles. The van der Waals surface area contributed by atoms with E-state index < -0.39 is 16.4 Å². The molecule has 0 spiro atoms. The van der Waals surface area contributed by atoms with E-state index in [0.717, 1.165) is 3.77 Å². The van der Waals surface area contributed by atoms with E-state index in [-0.39, 0.29) is 11.9 Å². The van der Waals surface area contributed by atoms with Gasteiger partial charge in [-0.15, -0.1) is 0 Å². The van der Waals surface area contributed by atoms with Gasteiger partial charge in [-0.1, -0.05) is 13.8 Å². The number of ether oxygens (including phenoxy) is 1. The molecule has 118 valence electrons. The van der Waals surface area contributed by atoms with Crippen LogP contribution in [0.3, 0.4) is 0 Å². The average molecular weight is 416 g/mol. The van der Waals surface area contributed by atoms with Gasteiger partial charge in [-0.3, -0.25) is 9.59 Å². The van der Waals surface area contributed by atoms with E-state index in [4.69, 9.17) is 9.15 Å². The monoisotopic (exact) mass is 416 g/mol. The summed E-state index contributed by atoms with van der Waals surface area (Å²) in [5.41, 5.74) is 0.147. The van der Waals surface area contributed by atoms with E-state index in [0.29, 0.717) is 18.6 Å². The Hall–Kier alpha value is -1.38. The standard InChI is InChI=1S/C15H17IN2O4/c1-13(2)14(3)6-7-15(13,22-12(14)20)11(19)18-17-8-9-4-5-10(16)21-9/h4-5,8H,6-7H2,1-3H3,(H,18,19). The van der Waals surface area contributed by atoms with Crippen LogP contribution in [-0.4, -0.2) is 23.7 Å². The van der Waals surface area contributed by atoms with Crippen molar-refractivity contribution in [2.45, 2.75) is 39.2 Å². The van der Waals surface area contributed by atoms with Crippen molar-refractivity contribution in [1.82, 2.24) is 5.43 Å². The first-order valence-corrected chi connectivity index (χ1v) is 8.13. The van der Waals surface area contributed by atoms with Crippen molar-refractivity contribution in [2.75, 3.05) is 0 Å². The minimum atomic E-state index is -1.15. The summed E-state index contributed by atoms with van der Waals surface area (Å²) in [4.78, 5) is 24.7. The Morgan fingerprint density at radius 3 is 2.59 bits per heavy atom. The second-order valence-electron chi connectivity index (χ2n) is 6.51. The van der Waals surface area contributed by atoms with Gasteiger partial charge < -0.3 is 9.15 Å². The number of halogens is 1. The minimum Gasteiger partial charge on any atom is -0.449 e. The lowest BCUT2D eigenvalue weighted by atomic mass is 9.66. The first-order chi connectivity index (χ1) is 10.2. The molecule has 1 aromatic rings. The molecule has 2 fully saturated rings. The Morgan fingerprint density at radius 2 is 2.09 bits per heavy atom. The molecule has 1 N–H and O–H groups in total. The molecule has 7 heteroatoms. The van der Waals surface area contributed by atoms with Crippen LogP contribution in [0.25, 0.3) is 0 Å². The van der Waals surface area contributed by atoms with Crippen molar-refractivity contribution in [2.24, 2.45) is 15.9 Å². The summed E-state index contributed by atoms with van der Waals surface area (Å²) in [6.45, 7) is 5.68. The van der Waals surface area contributed by atoms with Gasteiger partial charge in [-0.2, -0.15) is 5.10 Å². The number of nitrogens with one attached hydrogen (secondary N) is 1. The molecule has 1 aliphatic heterocycles. The molecule has 2 aliphatic rings. The van der Waals surface area contributed by atoms with Gasteiger partial charge in [0.25, 0.3) is 5.91 Å². The van der Waals surface area contributed by atoms with Crippen LogP contribution in [-0.2, 0) is 14.3 Å². The highest BCUT2D eigenvalue weighted by molar-refractivity contribution is 14.1. The SMILES string of the molecule is CC12CCC(C(=O)NN=Cc3ccc(I)o3)(OC1=O)C2(C)C. The Morgan fingerprint density at radius 1 is 1.36 bits per heavy atom. The zero-order valence-corrected chi connectivity index (χ0v) is 14.8. The summed E-state index contributed by atoms with van der Waals surface area (Å²) in [5.74, 6) is -0.144. The van der Waals surface area contributed by atoms with Gasteiger partial charge in [-0.25, -0.2) is 5.43 Å². The van der Waals surface area contributed by atoms with Gasteiger partial charge in [0, 0.05) is 5.41 Å². The molecule has 22 heavy (non-hydrogen) atoms. The molecular formula is C15H17IN2O4. The fourth-order valence-electron chi connectivity index (χ4n) is 3.39. The topological polar surface area (TPSA) is 80.9 Å². The number of carbonyl (C=O) groups is 2. The van der Waals surface area contributed by atoms with E-state index in [9.17, 15) is 9.59 Å². The molecular weight excluding hydrogens is 399 g/mol. The van der Waals surface area contributed by atoms with Gasteiger partial charge in [0.2, 0.25) is 0 Å². The Bertz CT molecular complexity index is 681. The summed E-state index contributed by atoms with van der Waals surface area (Å²) >= 11 is 2.05. The van der Waals surface area contributed by atoms with Gasteiger partial charge in [0.1, 0.15) is 5.76 Å². The molecule has 2 atom stereocenters. The van der Waals surface area contributed by atoms with E-state index in [1.54, 1.807) is 12.1 Å². The molecule has 1 aromatic heterocycles. The molecule has 6 nitrogen and oxygen atoms in total. The molecule has 2 unspecified atom stereocenters. The normalized spacial score (nSPS) is 32.5. The zero-order valence-electron chi connectivity index (χ0n) is 12.6. The molecule has 1 aliphatic carbocycles. The Labute approximate surface area is 141 Å². The van der Waals surface area contributed by atoms with E-state index in [1.807, 2.05) is 43.4 Å². The van der Waals surface area contributed by atoms with Crippen LogP contribution in [0.1, 0.15) is 39.4 Å². The first kappa shape index (κ1) is 15.5. The molecule has 3 rings (SSSR count). The summed E-state index contributed by atoms with van der Waals surface area (Å²) in [7, 11) is 0. The third-order valence-electron chi connectivity index (χ3n) is 5.40. The van der Waals surface area contributed by atoms with Crippen LogP contribution in [0.2, 0.25) is 0 Å². The summed E-state index contributed by atoms with van der Waals surface area (Å²) in [6, 6.07) is 3.55. The molecule has 2 bridgehead atoms. The maximum absolute atomic E-state index is 12.6. The van der Waals surface area contributed by atoms with Crippen molar-refractivity contribution in [3.63, 3.8) is 0 Å². The van der Waals surface area contributed by atoms with Gasteiger partial charge in [0.05, 0.1) is 11.6 Å². The van der Waals surface area contributed by atoms with Gasteiger partial charge in [-0.05, 0) is 54.5 Å². The number of amides is 1. The van der Waals surface area contributed by atoms with Crippen LogP contribution < -0.4 is 5.43 Å². The summed E-state index contributed by atoms with van der Waals surface area (Å²) < 4.78 is 11.5. The Kier molecular flexibility index (Phi) is 3.39. The highest BCUT2D eigenvalue weighted by atomic mass is 127. The maximum Gasteiger partial charge on any atom is 0.313 e. The predicted molar refractivity (Wildman–Crippen MR) is 87.1 cm³/mol. The largest absolute Gasteiger partial charge is 0.449 e. The molecule has 1 saturated heterocycles. The van der Waals surface area contributed by atoms with Crippen molar-refractivity contribution in [3.8, 4) is 0 Å². The lowest BCUT2D eigenvalue weighted by Crippen LogP contribution is -2.52. The van der Waals surface area contributed by atoms with Crippen molar-refractivity contribution >= 4 is 40.7 Å². The summed E-state index contributed by atoms with van der Waals surface area (Å²) in [6.07, 6.45) is 2.59. The second-order valence-corrected chi connectivity index (χ2v) is 7.58. The zero-order chi connectivity index (χ0) is 16.2. The van der Waals surface area contributed by atoms with Crippen molar-refractivity contribution in [1.29, 1.82) is 0 Å². The number of esters is 1. The third kappa shape index (κ3) is 1.87. The summed E-state index contributed by atoms with van der Waals surface area (Å²) in [5, 5.41) is 3.91. The number of hydrogen-bond donors (Lipinski definition) is 1. The Balaban J connectivity index is 1.78. The van der Waals surface area contributed by atoms with Crippen LogP contribution >= 0.6 is 22.6 Å². The quantitative estimate of drug-likeness (QED) is 0.355. The number of fused-ring (bicyclic) bond motifs is 2. The van der Waals surface area contributed by atoms with E-state index in [1.165, 1.54) is 6.21 Å². The highest BCUT2D eigenvalue weighted by Crippen LogP contribution is 2.65. The van der Waals surface area contributed by atoms with Crippen molar-refractivity contribution < 1.29 is 18.7 Å². The lowest BCUT2D eigenvalue weighted by molar-refractivity contribution is -0.168. The molecule has 1 amide bonds. The fraction of sp³-hybridized carbons (Fsp3) is 0.533. The van der Waals surface area contributed by atoms with Crippen LogP contribution in [0.4, 0.5) is 0 Å². The van der Waals surface area contributed by atoms with Crippen LogP contribution in [0.15, 0.2) is 21.7 Å². The van der Waals surface area contributed by atoms with Gasteiger partial charge in [0.15, 0.2) is 9.37 Å². The highest BCUT2D eigenvalue weighted by Gasteiger charge is 2.75. The number of carbonyl (C=O) groups excluding carboxylic acids is 2. The fourth-order valence-corrected chi connectivity index (χ4v) is 3.82. The molecule has 0 radical (unpaired) electrons. The van der Waals surface area contributed by atoms with Crippen LogP contribution in [0, 0.1) is 14.6 Å². The maximum atomic E-state index is 12.6. The smallest absolute Gasteiger partial charge is 0.313 e. The number of furan rings is 1. The second kappa shape index (κ2) is 4.81. The lowest BCUT2D eigenvalue weighted by Gasteiger charge is -2.34. The molecule has 2 heterocycles. The predicted octanol–water partition coefficient (Wildman–Crippen LogP) is 2.46. The molecule has 1 saturated carbocycles. The first-order valence-electron chi connectivity index (χ1n) is 7.05. The number of hydrogen-bond acceptors (Lipinski definition) is 5. The van der Waals surface area contributed by atoms with E-state index in [2.05, 4.69) is 10.5 Å².